The second-order valence-electron chi connectivity index (χ2n) is 17.3. The second kappa shape index (κ2) is 36.1. The van der Waals surface area contributed by atoms with Crippen LogP contribution in [-0.2, 0) is 38.0 Å². The van der Waals surface area contributed by atoms with Gasteiger partial charge < -0.3 is 64.2 Å². The molecular weight excluding hydrogens is 817 g/mol. The Bertz CT molecular complexity index is 1200. The smallest absolute Gasteiger partial charge is 0.306 e. The zero-order valence-electron chi connectivity index (χ0n) is 38.6. The molecule has 15 nitrogen and oxygen atoms in total. The summed E-state index contributed by atoms with van der Waals surface area (Å²) in [5, 5.41) is 71.9. The summed E-state index contributed by atoms with van der Waals surface area (Å²) < 4.78 is 33.5. The molecule has 0 spiro atoms. The van der Waals surface area contributed by atoms with E-state index < -0.39 is 92.7 Å². The molecule has 7 N–H and O–H groups in total. The van der Waals surface area contributed by atoms with E-state index in [2.05, 4.69) is 38.2 Å². The Kier molecular flexibility index (Phi) is 32.8. The number of aliphatic hydroxyl groups is 7. The summed E-state index contributed by atoms with van der Waals surface area (Å²) in [6, 6.07) is 0. The van der Waals surface area contributed by atoms with E-state index in [-0.39, 0.29) is 26.1 Å². The number of rotatable bonds is 37. The Balaban J connectivity index is 1.84. The minimum atomic E-state index is -1.76. The molecule has 0 aromatic heterocycles. The third-order valence-electron chi connectivity index (χ3n) is 11.7. The van der Waals surface area contributed by atoms with E-state index in [4.69, 9.17) is 28.4 Å². The summed E-state index contributed by atoms with van der Waals surface area (Å²) in [5.41, 5.74) is 0. The van der Waals surface area contributed by atoms with E-state index in [1.165, 1.54) is 77.0 Å². The van der Waals surface area contributed by atoms with Crippen LogP contribution in [0.4, 0.5) is 0 Å². The van der Waals surface area contributed by atoms with Crippen LogP contribution in [0.15, 0.2) is 24.3 Å². The van der Waals surface area contributed by atoms with Crippen molar-refractivity contribution in [2.24, 2.45) is 0 Å². The van der Waals surface area contributed by atoms with Gasteiger partial charge in [0.2, 0.25) is 0 Å². The molecule has 0 saturated carbocycles. The van der Waals surface area contributed by atoms with Gasteiger partial charge in [0.05, 0.1) is 19.8 Å². The average Bonchev–Trinajstić information content (AvgIpc) is 3.28. The number of carbonyl (C=O) groups excluding carboxylic acids is 2. The highest BCUT2D eigenvalue weighted by Gasteiger charge is 2.47. The highest BCUT2D eigenvalue weighted by molar-refractivity contribution is 5.70. The van der Waals surface area contributed by atoms with Crippen molar-refractivity contribution in [2.75, 3.05) is 26.4 Å². The number of allylic oxidation sites excluding steroid dienone is 4. The van der Waals surface area contributed by atoms with Crippen molar-refractivity contribution < 1.29 is 73.8 Å². The summed E-state index contributed by atoms with van der Waals surface area (Å²) >= 11 is 0. The minimum absolute atomic E-state index is 0.165. The molecule has 0 aromatic carbocycles. The van der Waals surface area contributed by atoms with Crippen LogP contribution in [0, 0.1) is 0 Å². The molecular formula is C48H86O15. The third kappa shape index (κ3) is 24.9. The molecule has 2 heterocycles. The Labute approximate surface area is 377 Å². The van der Waals surface area contributed by atoms with Gasteiger partial charge in [-0.15, -0.1) is 0 Å². The van der Waals surface area contributed by atoms with Gasteiger partial charge in [0, 0.05) is 12.8 Å². The predicted molar refractivity (Wildman–Crippen MR) is 238 cm³/mol. The first kappa shape index (κ1) is 57.1. The fraction of sp³-hybridized carbons (Fsp3) is 0.875. The van der Waals surface area contributed by atoms with Crippen LogP contribution >= 0.6 is 0 Å². The normalized spacial score (nSPS) is 27.0. The number of unbranched alkanes of at least 4 members (excludes halogenated alkanes) is 20. The summed E-state index contributed by atoms with van der Waals surface area (Å²) in [5.74, 6) is -0.939. The Morgan fingerprint density at radius 2 is 0.937 bits per heavy atom. The van der Waals surface area contributed by atoms with Crippen LogP contribution in [0.2, 0.25) is 0 Å². The van der Waals surface area contributed by atoms with E-state index in [1.807, 2.05) is 0 Å². The van der Waals surface area contributed by atoms with Crippen molar-refractivity contribution in [1.29, 1.82) is 0 Å². The van der Waals surface area contributed by atoms with Gasteiger partial charge in [0.25, 0.3) is 0 Å². The molecule has 0 bridgehead atoms. The van der Waals surface area contributed by atoms with Crippen LogP contribution < -0.4 is 0 Å². The van der Waals surface area contributed by atoms with Crippen LogP contribution in [0.1, 0.15) is 174 Å². The monoisotopic (exact) mass is 903 g/mol. The van der Waals surface area contributed by atoms with Crippen LogP contribution in [-0.4, -0.2) is 142 Å². The van der Waals surface area contributed by atoms with Gasteiger partial charge in [-0.25, -0.2) is 0 Å². The first-order chi connectivity index (χ1) is 30.5. The lowest BCUT2D eigenvalue weighted by molar-refractivity contribution is -0.332. The minimum Gasteiger partial charge on any atom is -0.462 e. The van der Waals surface area contributed by atoms with Crippen molar-refractivity contribution in [3.8, 4) is 0 Å². The fourth-order valence-electron chi connectivity index (χ4n) is 7.62. The zero-order chi connectivity index (χ0) is 46.1. The quantitative estimate of drug-likeness (QED) is 0.0216. The van der Waals surface area contributed by atoms with Gasteiger partial charge in [0.1, 0.15) is 55.4 Å². The lowest BCUT2D eigenvalue weighted by Gasteiger charge is -2.42. The number of hydrogen-bond donors (Lipinski definition) is 7. The molecule has 2 aliphatic heterocycles. The summed E-state index contributed by atoms with van der Waals surface area (Å²) in [6.07, 6.45) is 17.8. The summed E-state index contributed by atoms with van der Waals surface area (Å²) in [6.45, 7) is 2.54. The lowest BCUT2D eigenvalue weighted by Crippen LogP contribution is -2.61. The fourth-order valence-corrected chi connectivity index (χ4v) is 7.62. The largest absolute Gasteiger partial charge is 0.462 e. The standard InChI is InChI=1S/C48H86O15/c1-3-5-7-9-11-13-15-17-18-19-21-22-24-26-28-30-39(50)58-33-36(61-40(51)31-29-27-25-23-20-16-14-12-10-8-6-4-2)34-59-47-46(57)44(55)42(53)38(63-47)35-60-48-45(56)43(54)41(52)37(32-49)62-48/h13,15,17-18,36-38,41-49,52-57H,3-12,14,16,19-35H2,1-2H3/b15-13+,18-17+/t36-,37-,38-,41+,42+,43?,44?,45?,46?,47-,48-/m1/s1. The van der Waals surface area contributed by atoms with Gasteiger partial charge in [-0.3, -0.25) is 9.59 Å². The topological polar surface area (TPSA) is 231 Å². The molecule has 2 saturated heterocycles. The van der Waals surface area contributed by atoms with Crippen molar-refractivity contribution in [2.45, 2.75) is 242 Å². The maximum Gasteiger partial charge on any atom is 0.306 e. The van der Waals surface area contributed by atoms with Crippen molar-refractivity contribution in [1.82, 2.24) is 0 Å². The molecule has 0 aliphatic carbocycles. The Morgan fingerprint density at radius 3 is 1.46 bits per heavy atom. The van der Waals surface area contributed by atoms with Gasteiger partial charge in [0.15, 0.2) is 18.7 Å². The molecule has 63 heavy (non-hydrogen) atoms. The third-order valence-corrected chi connectivity index (χ3v) is 11.7. The van der Waals surface area contributed by atoms with Crippen molar-refractivity contribution >= 4 is 11.9 Å². The molecule has 11 atom stereocenters. The first-order valence-electron chi connectivity index (χ1n) is 24.4. The molecule has 2 rings (SSSR count). The van der Waals surface area contributed by atoms with Crippen molar-refractivity contribution in [3.63, 3.8) is 0 Å². The van der Waals surface area contributed by atoms with Gasteiger partial charge in [-0.05, 0) is 38.5 Å². The predicted octanol–water partition coefficient (Wildman–Crippen LogP) is 5.99. The summed E-state index contributed by atoms with van der Waals surface area (Å²) in [7, 11) is 0. The molecule has 2 fully saturated rings. The Hall–Kier alpha value is -2.02. The van der Waals surface area contributed by atoms with Crippen LogP contribution in [0.5, 0.6) is 0 Å². The SMILES string of the molecule is CCCCCC/C=C/C=C/CCCCCCCC(=O)OC[C@H](CO[C@@H]1O[C@H](CO[C@@H]2O[C@H](CO)[C@H](O)C(O)C2O)[C@H](O)C(O)C1O)OC(=O)CCCCCCCCCCCCCC. The summed E-state index contributed by atoms with van der Waals surface area (Å²) in [4.78, 5) is 25.7. The average molecular weight is 903 g/mol. The van der Waals surface area contributed by atoms with Crippen LogP contribution in [0.25, 0.3) is 0 Å². The number of carbonyl (C=O) groups is 2. The number of ether oxygens (including phenoxy) is 6. The molecule has 0 amide bonds. The highest BCUT2D eigenvalue weighted by Crippen LogP contribution is 2.26. The molecule has 0 aromatic rings. The molecule has 2 aliphatic rings. The maximum atomic E-state index is 12.9. The van der Waals surface area contributed by atoms with Gasteiger partial charge in [-0.2, -0.15) is 0 Å². The number of aliphatic hydroxyl groups excluding tert-OH is 7. The highest BCUT2D eigenvalue weighted by atomic mass is 16.7. The molecule has 368 valence electrons. The molecule has 4 unspecified atom stereocenters. The van der Waals surface area contributed by atoms with E-state index in [1.54, 1.807) is 0 Å². The maximum absolute atomic E-state index is 12.9. The number of hydrogen-bond acceptors (Lipinski definition) is 15. The zero-order valence-corrected chi connectivity index (χ0v) is 38.6. The Morgan fingerprint density at radius 1 is 0.508 bits per heavy atom. The van der Waals surface area contributed by atoms with E-state index >= 15 is 0 Å². The van der Waals surface area contributed by atoms with E-state index in [0.29, 0.717) is 12.8 Å². The second-order valence-corrected chi connectivity index (χ2v) is 17.3. The number of esters is 2. The molecule has 15 heteroatoms. The lowest BCUT2D eigenvalue weighted by atomic mass is 9.98. The van der Waals surface area contributed by atoms with E-state index in [0.717, 1.165) is 57.8 Å². The molecule has 0 radical (unpaired) electrons. The van der Waals surface area contributed by atoms with Crippen molar-refractivity contribution in [3.05, 3.63) is 24.3 Å². The van der Waals surface area contributed by atoms with Crippen LogP contribution in [0.3, 0.4) is 0 Å². The van der Waals surface area contributed by atoms with E-state index in [9.17, 15) is 45.3 Å². The first-order valence-corrected chi connectivity index (χ1v) is 24.4. The van der Waals surface area contributed by atoms with Gasteiger partial charge in [-0.1, -0.05) is 147 Å². The van der Waals surface area contributed by atoms with Gasteiger partial charge >= 0.3 is 11.9 Å².